The molecule has 0 saturated carbocycles. The van der Waals surface area contributed by atoms with Gasteiger partial charge < -0.3 is 20.6 Å². The molecular formula is C37H44N4O6S. The summed E-state index contributed by atoms with van der Waals surface area (Å²) in [6.07, 6.45) is 1.61. The van der Waals surface area contributed by atoms with Gasteiger partial charge in [-0.15, -0.1) is 11.3 Å². The molecule has 11 heteroatoms. The van der Waals surface area contributed by atoms with Gasteiger partial charge in [-0.2, -0.15) is 0 Å². The number of hydrogen-bond donors (Lipinski definition) is 5. The van der Waals surface area contributed by atoms with Crippen molar-refractivity contribution >= 4 is 29.2 Å². The van der Waals surface area contributed by atoms with Gasteiger partial charge in [0.05, 0.1) is 10.9 Å². The average Bonchev–Trinajstić information content (AvgIpc) is 3.54. The van der Waals surface area contributed by atoms with Crippen LogP contribution in [-0.4, -0.2) is 61.4 Å². The molecule has 10 nitrogen and oxygen atoms in total. The van der Waals surface area contributed by atoms with E-state index >= 15 is 0 Å². The lowest BCUT2D eigenvalue weighted by Gasteiger charge is -2.27. The highest BCUT2D eigenvalue weighted by Gasteiger charge is 2.29. The first-order valence-corrected chi connectivity index (χ1v) is 16.6. The average molecular weight is 673 g/mol. The Morgan fingerprint density at radius 2 is 1.40 bits per heavy atom. The number of carboxylic acid groups (broad SMARTS) is 2. The number of carbonyl (C=O) groups excluding carboxylic acids is 1. The summed E-state index contributed by atoms with van der Waals surface area (Å²) < 4.78 is 0. The summed E-state index contributed by atoms with van der Waals surface area (Å²) in [5, 5.41) is 35.3. The van der Waals surface area contributed by atoms with Crippen molar-refractivity contribution in [3.63, 3.8) is 0 Å². The molecule has 1 unspecified atom stereocenters. The molecule has 0 aliphatic rings. The number of aliphatic hydroxyl groups excluding tert-OH is 1. The van der Waals surface area contributed by atoms with Gasteiger partial charge >= 0.3 is 11.9 Å². The van der Waals surface area contributed by atoms with Crippen LogP contribution in [0.5, 0.6) is 0 Å². The first kappa shape index (κ1) is 36.4. The third-order valence-electron chi connectivity index (χ3n) is 7.99. The first-order chi connectivity index (χ1) is 22.5. The van der Waals surface area contributed by atoms with Crippen LogP contribution in [-0.2, 0) is 26.8 Å². The maximum atomic E-state index is 13.3. The number of aliphatic hydroxyl groups is 1. The summed E-state index contributed by atoms with van der Waals surface area (Å²) in [6.45, 7) is 12.7. The van der Waals surface area contributed by atoms with Crippen molar-refractivity contribution in [1.29, 1.82) is 0 Å². The largest absolute Gasteiger partial charge is 0.481 e. The fourth-order valence-electron chi connectivity index (χ4n) is 5.04. The molecule has 4 rings (SSSR count). The Morgan fingerprint density at radius 1 is 0.792 bits per heavy atom. The lowest BCUT2D eigenvalue weighted by atomic mass is 9.86. The summed E-state index contributed by atoms with van der Waals surface area (Å²) in [4.78, 5) is 46.8. The highest BCUT2D eigenvalue weighted by Crippen LogP contribution is 2.30. The molecule has 0 aliphatic carbocycles. The number of rotatable bonds is 13. The lowest BCUT2D eigenvalue weighted by molar-refractivity contribution is -0.142. The van der Waals surface area contributed by atoms with E-state index in [4.69, 9.17) is 5.11 Å². The van der Waals surface area contributed by atoms with Crippen molar-refractivity contribution in [2.45, 2.75) is 89.9 Å². The van der Waals surface area contributed by atoms with Crippen LogP contribution in [0.25, 0.3) is 22.5 Å². The van der Waals surface area contributed by atoms with E-state index in [-0.39, 0.29) is 23.7 Å². The molecule has 3 atom stereocenters. The molecule has 2 heterocycles. The van der Waals surface area contributed by atoms with E-state index in [1.54, 1.807) is 18.5 Å². The molecule has 5 N–H and O–H groups in total. The Bertz CT molecular complexity index is 1710. The van der Waals surface area contributed by atoms with Gasteiger partial charge in [-0.1, -0.05) is 90.1 Å². The van der Waals surface area contributed by atoms with Crippen LogP contribution in [0.1, 0.15) is 80.1 Å². The summed E-state index contributed by atoms with van der Waals surface area (Å²) in [6, 6.07) is 17.1. The minimum Gasteiger partial charge on any atom is -0.481 e. The smallest absolute Gasteiger partial charge is 0.320 e. The minimum atomic E-state index is -1.49. The molecule has 0 aliphatic heterocycles. The number of carbonyl (C=O) groups is 3. The number of thiophene rings is 1. The SMILES string of the molecule is CC(C)(C)c1ccc(-c2cnc(-c3ccc(C[C@H](NC(=O)c4ccc(C(C)(C)C)s4)C(O)N[C@H](CCC(=O)O)C(=O)O)cc3)nc2)cc1. The fraction of sp³-hybridized carbons (Fsp3) is 0.378. The number of aliphatic carboxylic acids is 2. The van der Waals surface area contributed by atoms with E-state index in [1.807, 2.05) is 30.3 Å². The van der Waals surface area contributed by atoms with E-state index in [2.05, 4.69) is 86.4 Å². The van der Waals surface area contributed by atoms with Gasteiger partial charge in [0.25, 0.3) is 5.91 Å². The third-order valence-corrected chi connectivity index (χ3v) is 9.50. The molecule has 4 aromatic rings. The molecule has 2 aromatic carbocycles. The summed E-state index contributed by atoms with van der Waals surface area (Å²) in [5.74, 6) is -2.32. The highest BCUT2D eigenvalue weighted by atomic mass is 32.1. The molecule has 1 amide bonds. The summed E-state index contributed by atoms with van der Waals surface area (Å²) >= 11 is 1.35. The van der Waals surface area contributed by atoms with E-state index in [1.165, 1.54) is 16.9 Å². The monoisotopic (exact) mass is 672 g/mol. The zero-order chi connectivity index (χ0) is 35.2. The number of benzene rings is 2. The number of aromatic nitrogens is 2. The van der Waals surface area contributed by atoms with Gasteiger partial charge in [-0.05, 0) is 52.5 Å². The number of nitrogens with zero attached hydrogens (tertiary/aromatic N) is 2. The second-order valence-corrected chi connectivity index (χ2v) is 15.0. The van der Waals surface area contributed by atoms with Gasteiger partial charge in [0.2, 0.25) is 0 Å². The van der Waals surface area contributed by atoms with E-state index in [0.717, 1.165) is 27.1 Å². The molecule has 0 fully saturated rings. The Kier molecular flexibility index (Phi) is 11.5. The van der Waals surface area contributed by atoms with Crippen molar-refractivity contribution in [1.82, 2.24) is 20.6 Å². The second kappa shape index (κ2) is 15.2. The topological polar surface area (TPSA) is 162 Å². The van der Waals surface area contributed by atoms with Gasteiger partial charge in [0.1, 0.15) is 12.3 Å². The van der Waals surface area contributed by atoms with Gasteiger partial charge in [-0.3, -0.25) is 19.7 Å². The molecule has 48 heavy (non-hydrogen) atoms. The van der Waals surface area contributed by atoms with Gasteiger partial charge in [-0.25, -0.2) is 9.97 Å². The number of amides is 1. The second-order valence-electron chi connectivity index (χ2n) is 14.0. The number of carboxylic acids is 2. The Balaban J connectivity index is 1.51. The predicted octanol–water partition coefficient (Wildman–Crippen LogP) is 6.03. The van der Waals surface area contributed by atoms with Gasteiger partial charge in [0.15, 0.2) is 5.82 Å². The zero-order valence-electron chi connectivity index (χ0n) is 28.2. The van der Waals surface area contributed by atoms with Crippen LogP contribution >= 0.6 is 11.3 Å². The quantitative estimate of drug-likeness (QED) is 0.107. The lowest BCUT2D eigenvalue weighted by Crippen LogP contribution is -2.55. The number of nitrogens with one attached hydrogen (secondary N) is 2. The maximum absolute atomic E-state index is 13.3. The van der Waals surface area contributed by atoms with E-state index in [9.17, 15) is 24.6 Å². The third kappa shape index (κ3) is 9.79. The van der Waals surface area contributed by atoms with Crippen LogP contribution < -0.4 is 10.6 Å². The molecule has 0 bridgehead atoms. The van der Waals surface area contributed by atoms with Crippen molar-refractivity contribution in [3.8, 4) is 22.5 Å². The van der Waals surface area contributed by atoms with Crippen LogP contribution in [0.4, 0.5) is 0 Å². The summed E-state index contributed by atoms with van der Waals surface area (Å²) in [7, 11) is 0. The zero-order valence-corrected chi connectivity index (χ0v) is 29.0. The Labute approximate surface area is 285 Å². The van der Waals surface area contributed by atoms with E-state index in [0.29, 0.717) is 10.7 Å². The van der Waals surface area contributed by atoms with Crippen LogP contribution in [0.2, 0.25) is 0 Å². The van der Waals surface area contributed by atoms with Crippen LogP contribution in [0, 0.1) is 0 Å². The van der Waals surface area contributed by atoms with Crippen molar-refractivity contribution in [3.05, 3.63) is 93.9 Å². The fourth-order valence-corrected chi connectivity index (χ4v) is 6.01. The molecule has 0 radical (unpaired) electrons. The number of hydrogen-bond acceptors (Lipinski definition) is 8. The normalized spacial score (nSPS) is 13.8. The molecular weight excluding hydrogens is 628 g/mol. The molecule has 0 saturated heterocycles. The first-order valence-electron chi connectivity index (χ1n) is 15.8. The highest BCUT2D eigenvalue weighted by molar-refractivity contribution is 7.14. The van der Waals surface area contributed by atoms with Gasteiger partial charge in [0, 0.05) is 34.8 Å². The molecule has 2 aromatic heterocycles. The molecule has 0 spiro atoms. The van der Waals surface area contributed by atoms with Crippen molar-refractivity contribution < 1.29 is 29.7 Å². The van der Waals surface area contributed by atoms with E-state index < -0.39 is 42.6 Å². The van der Waals surface area contributed by atoms with Crippen LogP contribution in [0.15, 0.2) is 73.1 Å². The standard InChI is InChI=1S/C37H44N4O6S/c1-36(2,3)26-13-11-23(12-14-26)25-20-38-32(39-21-25)24-9-7-22(8-10-24)19-28(33(44)40-27(35(46)47)15-18-31(42)43)41-34(45)29-16-17-30(48-29)37(4,5)6/h7-14,16-17,20-21,27-28,33,40,44H,15,18-19H2,1-6H3,(H,41,45)(H,42,43)(H,46,47)/t27-,28+,33?/m1/s1. The Hall–Kier alpha value is -4.45. The Morgan fingerprint density at radius 3 is 1.92 bits per heavy atom. The summed E-state index contributed by atoms with van der Waals surface area (Å²) in [5.41, 5.74) is 4.63. The minimum absolute atomic E-state index is 0.0638. The molecule has 254 valence electrons. The van der Waals surface area contributed by atoms with Crippen molar-refractivity contribution in [2.75, 3.05) is 0 Å². The maximum Gasteiger partial charge on any atom is 0.320 e. The predicted molar refractivity (Wildman–Crippen MR) is 187 cm³/mol. The van der Waals surface area contributed by atoms with Crippen LogP contribution in [0.3, 0.4) is 0 Å². The van der Waals surface area contributed by atoms with Crippen molar-refractivity contribution in [2.24, 2.45) is 0 Å².